The molecule has 0 saturated heterocycles. The second-order valence-corrected chi connectivity index (χ2v) is 12.5. The molecule has 5 fully saturated rings. The van der Waals surface area contributed by atoms with Crippen LogP contribution in [0.4, 0.5) is 5.69 Å². The Balaban J connectivity index is 1.20. The van der Waals surface area contributed by atoms with Gasteiger partial charge < -0.3 is 14.8 Å². The predicted molar refractivity (Wildman–Crippen MR) is 139 cm³/mol. The maximum Gasteiger partial charge on any atom is 0.356 e. The van der Waals surface area contributed by atoms with Crippen molar-refractivity contribution in [3.05, 3.63) is 41.2 Å². The van der Waals surface area contributed by atoms with Gasteiger partial charge in [0.05, 0.1) is 5.69 Å². The molecule has 3 heterocycles. The third-order valence-corrected chi connectivity index (χ3v) is 9.94. The maximum absolute atomic E-state index is 11.9. The van der Waals surface area contributed by atoms with Gasteiger partial charge in [0, 0.05) is 17.8 Å². The Hall–Kier alpha value is -2.90. The minimum absolute atomic E-state index is 0.0340. The number of hydrogen-bond acceptors (Lipinski definition) is 6. The van der Waals surface area contributed by atoms with Crippen molar-refractivity contribution in [1.82, 2.24) is 15.0 Å². The molecule has 4 bridgehead atoms. The van der Waals surface area contributed by atoms with E-state index in [4.69, 9.17) is 9.72 Å². The Morgan fingerprint density at radius 1 is 1.11 bits per heavy atom. The number of aryl methyl sites for hydroxylation is 1. The van der Waals surface area contributed by atoms with Gasteiger partial charge in [0.15, 0.2) is 12.1 Å². The van der Waals surface area contributed by atoms with Crippen LogP contribution < -0.4 is 5.01 Å². The summed E-state index contributed by atoms with van der Waals surface area (Å²) in [5.74, 6) is 3.25. The highest BCUT2D eigenvalue weighted by atomic mass is 16.5. The summed E-state index contributed by atoms with van der Waals surface area (Å²) in [7, 11) is 0. The van der Waals surface area contributed by atoms with E-state index >= 15 is 0 Å². The highest BCUT2D eigenvalue weighted by Gasteiger charge is 2.50. The number of ether oxygens (including phenoxy) is 1. The fourth-order valence-corrected chi connectivity index (χ4v) is 8.76. The Morgan fingerprint density at radius 3 is 2.54 bits per heavy atom. The highest BCUT2D eigenvalue weighted by molar-refractivity contribution is 5.92. The number of rotatable bonds is 7. The number of aromatic carboxylic acids is 1. The molecule has 0 radical (unpaired) electrons. The second-order valence-electron chi connectivity index (χ2n) is 12.5. The van der Waals surface area contributed by atoms with Crippen LogP contribution in [-0.2, 0) is 11.2 Å². The monoisotopic (exact) mass is 503 g/mol. The number of aromatic nitrogens is 3. The van der Waals surface area contributed by atoms with E-state index in [-0.39, 0.29) is 5.69 Å². The molecule has 5 aliphatic carbocycles. The molecule has 0 spiro atoms. The van der Waals surface area contributed by atoms with Crippen molar-refractivity contribution in [1.29, 1.82) is 0 Å². The lowest BCUT2D eigenvalue weighted by Gasteiger charge is -2.57. The first-order valence-corrected chi connectivity index (χ1v) is 14.3. The molecule has 8 nitrogen and oxygen atoms in total. The van der Waals surface area contributed by atoms with Crippen LogP contribution in [-0.4, -0.2) is 32.4 Å². The number of imidazole rings is 1. The van der Waals surface area contributed by atoms with Crippen LogP contribution in [0.5, 0.6) is 0 Å². The third kappa shape index (κ3) is 4.22. The van der Waals surface area contributed by atoms with Crippen molar-refractivity contribution >= 4 is 18.1 Å². The van der Waals surface area contributed by atoms with Crippen LogP contribution in [0.3, 0.4) is 0 Å². The van der Waals surface area contributed by atoms with Crippen molar-refractivity contribution < 1.29 is 14.6 Å². The first kappa shape index (κ1) is 23.2. The number of nitrogens with zero attached hydrogens (tertiary/aromatic N) is 4. The molecule has 2 aromatic heterocycles. The van der Waals surface area contributed by atoms with Crippen LogP contribution in [0.25, 0.3) is 0 Å². The number of nitrogens with one attached hydrogen (secondary N) is 1. The van der Waals surface area contributed by atoms with Crippen molar-refractivity contribution in [3.63, 3.8) is 0 Å². The van der Waals surface area contributed by atoms with Crippen LogP contribution in [0.15, 0.2) is 23.4 Å². The molecule has 8 heteroatoms. The molecule has 37 heavy (non-hydrogen) atoms. The first-order valence-electron chi connectivity index (χ1n) is 14.3. The predicted octanol–water partition coefficient (Wildman–Crippen LogP) is 6.18. The average Bonchev–Trinajstić information content (AvgIpc) is 3.54. The van der Waals surface area contributed by atoms with Gasteiger partial charge in [0.2, 0.25) is 6.23 Å². The van der Waals surface area contributed by atoms with Crippen molar-refractivity contribution in [2.75, 3.05) is 5.01 Å². The number of hydrazone groups is 1. The fourth-order valence-electron chi connectivity index (χ4n) is 8.76. The van der Waals surface area contributed by atoms with E-state index < -0.39 is 12.2 Å². The third-order valence-electron chi connectivity index (χ3n) is 9.94. The van der Waals surface area contributed by atoms with Crippen LogP contribution >= 0.6 is 0 Å². The van der Waals surface area contributed by atoms with E-state index in [1.54, 1.807) is 17.1 Å². The van der Waals surface area contributed by atoms with E-state index in [1.807, 2.05) is 0 Å². The Morgan fingerprint density at radius 2 is 1.84 bits per heavy atom. The van der Waals surface area contributed by atoms with Gasteiger partial charge in [-0.05, 0) is 99.5 Å². The van der Waals surface area contributed by atoms with Crippen molar-refractivity contribution in [2.24, 2.45) is 28.3 Å². The van der Waals surface area contributed by atoms with E-state index in [0.29, 0.717) is 17.0 Å². The minimum atomic E-state index is -1.08. The molecule has 2 N–H and O–H groups in total. The van der Waals surface area contributed by atoms with Gasteiger partial charge in [0.1, 0.15) is 11.5 Å². The summed E-state index contributed by atoms with van der Waals surface area (Å²) in [5, 5.41) is 15.8. The molecular weight excluding hydrogens is 466 g/mol. The Kier molecular flexibility index (Phi) is 5.74. The summed E-state index contributed by atoms with van der Waals surface area (Å²) in [6, 6.07) is 3.47. The SMILES string of the molecule is O=C(O)c1ncccc1N1N=COC1c1nc(C2CCCCC2)[nH]c1CCC12CC3CC(CC(C3)C1)C2. The standard InChI is InChI=1S/C29H37N5O3/c35-28(36)25-23(7-4-10-30-25)34-27(37-17-31-34)24-22(32-26(33-24)21-5-2-1-3-6-21)8-9-29-14-18-11-19(15-29)13-20(12-18)16-29/h4,7,10,17-21,27H,1-3,5-6,8-9,11-16H2,(H,32,33)(H,35,36). The second kappa shape index (κ2) is 9.14. The van der Waals surface area contributed by atoms with Gasteiger partial charge in [-0.15, -0.1) is 5.10 Å². The molecule has 1 atom stereocenters. The lowest BCUT2D eigenvalue weighted by Crippen LogP contribution is -2.46. The maximum atomic E-state index is 11.9. The number of hydrogen-bond donors (Lipinski definition) is 2. The van der Waals surface area contributed by atoms with Crippen LogP contribution in [0.1, 0.15) is 117 Å². The number of anilines is 1. The van der Waals surface area contributed by atoms with Gasteiger partial charge in [-0.1, -0.05) is 19.3 Å². The summed E-state index contributed by atoms with van der Waals surface area (Å²) >= 11 is 0. The summed E-state index contributed by atoms with van der Waals surface area (Å²) in [5.41, 5.74) is 2.85. The topological polar surface area (TPSA) is 104 Å². The highest BCUT2D eigenvalue weighted by Crippen LogP contribution is 2.61. The van der Waals surface area contributed by atoms with E-state index in [2.05, 4.69) is 15.1 Å². The smallest absolute Gasteiger partial charge is 0.356 e. The minimum Gasteiger partial charge on any atom is -0.476 e. The average molecular weight is 504 g/mol. The van der Waals surface area contributed by atoms with Crippen LogP contribution in [0, 0.1) is 23.2 Å². The number of carbonyl (C=O) groups is 1. The Labute approximate surface area is 217 Å². The van der Waals surface area contributed by atoms with Gasteiger partial charge in [0.25, 0.3) is 0 Å². The lowest BCUT2D eigenvalue weighted by atomic mass is 9.48. The molecule has 8 rings (SSSR count). The molecule has 0 amide bonds. The normalized spacial score (nSPS) is 32.7. The Bertz CT molecular complexity index is 1160. The van der Waals surface area contributed by atoms with E-state index in [9.17, 15) is 9.90 Å². The largest absolute Gasteiger partial charge is 0.476 e. The van der Waals surface area contributed by atoms with E-state index in [0.717, 1.165) is 41.4 Å². The first-order chi connectivity index (χ1) is 18.1. The van der Waals surface area contributed by atoms with Crippen molar-refractivity contribution in [2.45, 2.75) is 95.6 Å². The number of H-pyrrole nitrogens is 1. The van der Waals surface area contributed by atoms with Gasteiger partial charge >= 0.3 is 5.97 Å². The summed E-state index contributed by atoms with van der Waals surface area (Å²) in [6.45, 7) is 0. The molecular formula is C29H37N5O3. The van der Waals surface area contributed by atoms with Crippen molar-refractivity contribution in [3.8, 4) is 0 Å². The fraction of sp³-hybridized carbons (Fsp3) is 0.655. The molecule has 196 valence electrons. The number of pyridine rings is 1. The summed E-state index contributed by atoms with van der Waals surface area (Å²) < 4.78 is 6.01. The van der Waals surface area contributed by atoms with Gasteiger partial charge in [-0.3, -0.25) is 0 Å². The molecule has 1 unspecified atom stereocenters. The zero-order valence-electron chi connectivity index (χ0n) is 21.4. The molecule has 6 aliphatic rings. The summed E-state index contributed by atoms with van der Waals surface area (Å²) in [4.78, 5) is 24.9. The quantitative estimate of drug-likeness (QED) is 0.468. The molecule has 5 saturated carbocycles. The number of carboxylic acids is 1. The zero-order chi connectivity index (χ0) is 25.0. The summed E-state index contributed by atoms with van der Waals surface area (Å²) in [6.07, 6.45) is 19.1. The van der Waals surface area contributed by atoms with Gasteiger partial charge in [-0.2, -0.15) is 0 Å². The molecule has 2 aromatic rings. The van der Waals surface area contributed by atoms with E-state index in [1.165, 1.54) is 89.6 Å². The number of aromatic amines is 1. The molecule has 1 aliphatic heterocycles. The van der Waals surface area contributed by atoms with Crippen LogP contribution in [0.2, 0.25) is 0 Å². The lowest BCUT2D eigenvalue weighted by molar-refractivity contribution is -0.0571. The van der Waals surface area contributed by atoms with Gasteiger partial charge in [-0.25, -0.2) is 19.8 Å². The number of carboxylic acid groups (broad SMARTS) is 1. The molecule has 0 aromatic carbocycles. The zero-order valence-corrected chi connectivity index (χ0v) is 21.4.